The number of H-pyrrole nitrogens is 1. The van der Waals surface area contributed by atoms with Crippen LogP contribution in [0.15, 0.2) is 36.7 Å². The molecule has 8 nitrogen and oxygen atoms in total. The fourth-order valence-electron chi connectivity index (χ4n) is 3.93. The highest BCUT2D eigenvalue weighted by Gasteiger charge is 2.48. The number of piperidine rings is 1. The van der Waals surface area contributed by atoms with Gasteiger partial charge in [0.25, 0.3) is 11.8 Å². The number of amides is 4. The number of urea groups is 1. The Labute approximate surface area is 156 Å². The van der Waals surface area contributed by atoms with Crippen molar-refractivity contribution in [3.05, 3.63) is 42.4 Å². The van der Waals surface area contributed by atoms with Crippen molar-refractivity contribution in [3.8, 4) is 11.3 Å². The van der Waals surface area contributed by atoms with Crippen LogP contribution in [-0.2, 0) is 4.79 Å². The van der Waals surface area contributed by atoms with Gasteiger partial charge in [0, 0.05) is 18.7 Å². The summed E-state index contributed by atoms with van der Waals surface area (Å²) < 4.78 is 0. The molecule has 1 atom stereocenters. The van der Waals surface area contributed by atoms with Crippen molar-refractivity contribution in [2.24, 2.45) is 5.92 Å². The minimum Gasteiger partial charge on any atom is -0.340 e. The van der Waals surface area contributed by atoms with Crippen molar-refractivity contribution in [2.75, 3.05) is 13.1 Å². The van der Waals surface area contributed by atoms with Crippen LogP contribution in [0.25, 0.3) is 11.3 Å². The number of aromatic nitrogens is 2. The Morgan fingerprint density at radius 3 is 2.52 bits per heavy atom. The van der Waals surface area contributed by atoms with Crippen LogP contribution in [0.4, 0.5) is 4.79 Å². The van der Waals surface area contributed by atoms with Crippen LogP contribution in [0, 0.1) is 5.92 Å². The van der Waals surface area contributed by atoms with E-state index in [4.69, 9.17) is 0 Å². The van der Waals surface area contributed by atoms with Gasteiger partial charge in [0.1, 0.15) is 16.9 Å². The fourth-order valence-corrected chi connectivity index (χ4v) is 3.93. The third-order valence-corrected chi connectivity index (χ3v) is 5.57. The first-order chi connectivity index (χ1) is 13.0. The zero-order valence-electron chi connectivity index (χ0n) is 15.0. The summed E-state index contributed by atoms with van der Waals surface area (Å²) in [5, 5.41) is 5.04. The van der Waals surface area contributed by atoms with E-state index in [0.29, 0.717) is 37.3 Å². The molecular formula is C19H21N5O3. The van der Waals surface area contributed by atoms with E-state index in [1.54, 1.807) is 11.8 Å². The number of carbonyl (C=O) groups is 3. The molecule has 1 aromatic heterocycles. The molecule has 2 aliphatic heterocycles. The maximum absolute atomic E-state index is 13.0. The molecule has 2 saturated heterocycles. The molecule has 0 spiro atoms. The standard InChI is InChI=1S/C19H21N5O3/c1-19(17(26)22-18(27)23-19)13-7-9-24(10-8-13)16(25)15-14(20-11-21-15)12-5-3-2-4-6-12/h2-6,11,13H,7-10H2,1H3,(H,20,21)(H2,22,23,26,27). The third kappa shape index (κ3) is 2.97. The van der Waals surface area contributed by atoms with E-state index in [-0.39, 0.29) is 17.7 Å². The molecule has 8 heteroatoms. The number of imide groups is 1. The van der Waals surface area contributed by atoms with E-state index in [1.807, 2.05) is 30.3 Å². The molecule has 27 heavy (non-hydrogen) atoms. The summed E-state index contributed by atoms with van der Waals surface area (Å²) in [6.07, 6.45) is 2.82. The SMILES string of the molecule is CC1(C2CCN(C(=O)c3[nH]cnc3-c3ccccc3)CC2)NC(=O)NC1=O. The molecule has 2 fully saturated rings. The lowest BCUT2D eigenvalue weighted by Gasteiger charge is -2.38. The van der Waals surface area contributed by atoms with Gasteiger partial charge in [-0.1, -0.05) is 30.3 Å². The molecular weight excluding hydrogens is 346 g/mol. The van der Waals surface area contributed by atoms with Gasteiger partial charge in [0.15, 0.2) is 0 Å². The number of nitrogens with one attached hydrogen (secondary N) is 3. The zero-order valence-corrected chi connectivity index (χ0v) is 15.0. The lowest BCUT2D eigenvalue weighted by atomic mass is 9.79. The number of rotatable bonds is 3. The first-order valence-corrected chi connectivity index (χ1v) is 9.00. The molecule has 2 aliphatic rings. The molecule has 4 amide bonds. The predicted octanol–water partition coefficient (Wildman–Crippen LogP) is 1.53. The number of hydrogen-bond acceptors (Lipinski definition) is 4. The molecule has 0 radical (unpaired) electrons. The zero-order chi connectivity index (χ0) is 19.0. The highest BCUT2D eigenvalue weighted by atomic mass is 16.2. The largest absolute Gasteiger partial charge is 0.340 e. The summed E-state index contributed by atoms with van der Waals surface area (Å²) in [6.45, 7) is 2.79. The summed E-state index contributed by atoms with van der Waals surface area (Å²) in [7, 11) is 0. The Morgan fingerprint density at radius 2 is 1.89 bits per heavy atom. The van der Waals surface area contributed by atoms with Crippen molar-refractivity contribution >= 4 is 17.8 Å². The van der Waals surface area contributed by atoms with Gasteiger partial charge in [-0.15, -0.1) is 0 Å². The fraction of sp³-hybridized carbons (Fsp3) is 0.368. The van der Waals surface area contributed by atoms with E-state index >= 15 is 0 Å². The molecule has 3 N–H and O–H groups in total. The van der Waals surface area contributed by atoms with Crippen LogP contribution in [0.1, 0.15) is 30.3 Å². The summed E-state index contributed by atoms with van der Waals surface area (Å²) >= 11 is 0. The van der Waals surface area contributed by atoms with E-state index in [9.17, 15) is 14.4 Å². The number of aromatic amines is 1. The van der Waals surface area contributed by atoms with Crippen molar-refractivity contribution < 1.29 is 14.4 Å². The maximum atomic E-state index is 13.0. The Kier molecular flexibility index (Phi) is 4.18. The number of nitrogens with zero attached hydrogens (tertiary/aromatic N) is 2. The van der Waals surface area contributed by atoms with Crippen LogP contribution in [0.2, 0.25) is 0 Å². The van der Waals surface area contributed by atoms with Crippen LogP contribution < -0.4 is 10.6 Å². The van der Waals surface area contributed by atoms with E-state index in [0.717, 1.165) is 5.56 Å². The highest BCUT2D eigenvalue weighted by Crippen LogP contribution is 2.31. The second kappa shape index (κ2) is 6.53. The number of likely N-dealkylation sites (tertiary alicyclic amines) is 1. The number of benzene rings is 1. The van der Waals surface area contributed by atoms with Gasteiger partial charge in [-0.05, 0) is 25.7 Å². The third-order valence-electron chi connectivity index (χ3n) is 5.57. The van der Waals surface area contributed by atoms with Crippen molar-refractivity contribution in [3.63, 3.8) is 0 Å². The van der Waals surface area contributed by atoms with Crippen molar-refractivity contribution in [2.45, 2.75) is 25.3 Å². The first-order valence-electron chi connectivity index (χ1n) is 9.00. The van der Waals surface area contributed by atoms with Crippen LogP contribution in [0.3, 0.4) is 0 Å². The normalized spacial score (nSPS) is 23.2. The number of carbonyl (C=O) groups excluding carboxylic acids is 3. The first kappa shape index (κ1) is 17.3. The van der Waals surface area contributed by atoms with Crippen LogP contribution in [0.5, 0.6) is 0 Å². The summed E-state index contributed by atoms with van der Waals surface area (Å²) in [6, 6.07) is 9.12. The monoisotopic (exact) mass is 367 g/mol. The lowest BCUT2D eigenvalue weighted by molar-refractivity contribution is -0.125. The second-order valence-electron chi connectivity index (χ2n) is 7.17. The maximum Gasteiger partial charge on any atom is 0.322 e. The van der Waals surface area contributed by atoms with Gasteiger partial charge in [-0.25, -0.2) is 9.78 Å². The van der Waals surface area contributed by atoms with Gasteiger partial charge in [-0.2, -0.15) is 0 Å². The second-order valence-corrected chi connectivity index (χ2v) is 7.17. The van der Waals surface area contributed by atoms with Crippen LogP contribution >= 0.6 is 0 Å². The van der Waals surface area contributed by atoms with E-state index < -0.39 is 11.6 Å². The van der Waals surface area contributed by atoms with Crippen molar-refractivity contribution in [1.82, 2.24) is 25.5 Å². The smallest absolute Gasteiger partial charge is 0.322 e. The quantitative estimate of drug-likeness (QED) is 0.715. The molecule has 140 valence electrons. The van der Waals surface area contributed by atoms with E-state index in [2.05, 4.69) is 20.6 Å². The average molecular weight is 367 g/mol. The van der Waals surface area contributed by atoms with Gasteiger partial charge in [0.05, 0.1) is 6.33 Å². The molecule has 0 saturated carbocycles. The number of hydrogen-bond donors (Lipinski definition) is 3. The number of imidazole rings is 1. The molecule has 0 aliphatic carbocycles. The van der Waals surface area contributed by atoms with E-state index in [1.165, 1.54) is 6.33 Å². The Hall–Kier alpha value is -3.16. The van der Waals surface area contributed by atoms with Crippen LogP contribution in [-0.4, -0.2) is 51.3 Å². The molecule has 1 aromatic carbocycles. The van der Waals surface area contributed by atoms with Crippen molar-refractivity contribution in [1.29, 1.82) is 0 Å². The molecule has 3 heterocycles. The summed E-state index contributed by atoms with van der Waals surface area (Å²) in [4.78, 5) is 45.6. The lowest BCUT2D eigenvalue weighted by Crippen LogP contribution is -2.54. The van der Waals surface area contributed by atoms with Gasteiger partial charge >= 0.3 is 6.03 Å². The Bertz CT molecular complexity index is 886. The predicted molar refractivity (Wildman–Crippen MR) is 97.7 cm³/mol. The Balaban J connectivity index is 1.47. The topological polar surface area (TPSA) is 107 Å². The minimum absolute atomic E-state index is 0.0108. The minimum atomic E-state index is -0.907. The average Bonchev–Trinajstić information content (AvgIpc) is 3.27. The van der Waals surface area contributed by atoms with Gasteiger partial charge in [0.2, 0.25) is 0 Å². The van der Waals surface area contributed by atoms with Gasteiger partial charge < -0.3 is 15.2 Å². The molecule has 1 unspecified atom stereocenters. The molecule has 0 bridgehead atoms. The summed E-state index contributed by atoms with van der Waals surface area (Å²) in [5.41, 5.74) is 1.08. The highest BCUT2D eigenvalue weighted by molar-refractivity contribution is 6.07. The molecule has 2 aromatic rings. The van der Waals surface area contributed by atoms with Gasteiger partial charge in [-0.3, -0.25) is 14.9 Å². The molecule has 4 rings (SSSR count). The summed E-state index contributed by atoms with van der Waals surface area (Å²) in [5.74, 6) is -0.407. The Morgan fingerprint density at radius 1 is 1.19 bits per heavy atom.